The minimum atomic E-state index is -0.407. The first-order valence-electron chi connectivity index (χ1n) is 8.64. The van der Waals surface area contributed by atoms with Crippen molar-refractivity contribution in [1.29, 1.82) is 0 Å². The minimum Gasteiger partial charge on any atom is -0.497 e. The van der Waals surface area contributed by atoms with Crippen LogP contribution in [0.2, 0.25) is 0 Å². The Kier molecular flexibility index (Phi) is 6.01. The van der Waals surface area contributed by atoms with E-state index >= 15 is 0 Å². The fraction of sp³-hybridized carbons (Fsp3) is 0.200. The number of nitrogens with one attached hydrogen (secondary N) is 1. The number of benzene rings is 2. The van der Waals surface area contributed by atoms with Crippen LogP contribution >= 0.6 is 0 Å². The summed E-state index contributed by atoms with van der Waals surface area (Å²) in [5.41, 5.74) is 2.68. The maximum atomic E-state index is 10.7. The molecule has 0 unspecified atom stereocenters. The number of ether oxygens (including phenoxy) is 2. The number of nitro groups is 1. The Bertz CT molecular complexity index is 961. The zero-order chi connectivity index (χ0) is 19.9. The van der Waals surface area contributed by atoms with Gasteiger partial charge in [0, 0.05) is 30.3 Å². The first kappa shape index (κ1) is 19.1. The maximum Gasteiger partial charge on any atom is 0.318 e. The van der Waals surface area contributed by atoms with Crippen LogP contribution in [0.1, 0.15) is 5.56 Å². The number of hydrogen-bond donors (Lipinski definition) is 1. The van der Waals surface area contributed by atoms with E-state index in [1.54, 1.807) is 19.2 Å². The zero-order valence-corrected chi connectivity index (χ0v) is 15.6. The molecule has 0 aliphatic carbocycles. The minimum absolute atomic E-state index is 0.0835. The molecule has 0 saturated heterocycles. The number of non-ortho nitro benzene ring substituents is 1. The Morgan fingerprint density at radius 3 is 2.50 bits per heavy atom. The molecule has 1 N–H and O–H groups in total. The van der Waals surface area contributed by atoms with Crippen LogP contribution in [0, 0.1) is 10.1 Å². The smallest absolute Gasteiger partial charge is 0.318 e. The van der Waals surface area contributed by atoms with E-state index in [0.29, 0.717) is 24.5 Å². The van der Waals surface area contributed by atoms with Gasteiger partial charge >= 0.3 is 6.01 Å². The molecule has 1 heterocycles. The van der Waals surface area contributed by atoms with Gasteiger partial charge in [-0.15, -0.1) is 0 Å². The third kappa shape index (κ3) is 4.73. The predicted molar refractivity (Wildman–Crippen MR) is 106 cm³/mol. The van der Waals surface area contributed by atoms with Gasteiger partial charge in [0.05, 0.1) is 24.8 Å². The van der Waals surface area contributed by atoms with E-state index in [9.17, 15) is 10.1 Å². The number of nitro benzene ring substituents is 1. The first-order chi connectivity index (χ1) is 13.6. The lowest BCUT2D eigenvalue weighted by Crippen LogP contribution is -2.08. The van der Waals surface area contributed by atoms with Gasteiger partial charge in [-0.2, -0.15) is 9.97 Å². The number of anilines is 1. The van der Waals surface area contributed by atoms with Gasteiger partial charge in [0.25, 0.3) is 5.69 Å². The molecule has 0 bridgehead atoms. The van der Waals surface area contributed by atoms with Crippen LogP contribution in [0.15, 0.2) is 54.6 Å². The average Bonchev–Trinajstić information content (AvgIpc) is 2.74. The van der Waals surface area contributed by atoms with Crippen LogP contribution in [0.25, 0.3) is 11.3 Å². The summed E-state index contributed by atoms with van der Waals surface area (Å²) in [6.07, 6.45) is 0.693. The van der Waals surface area contributed by atoms with E-state index in [-0.39, 0.29) is 11.7 Å². The van der Waals surface area contributed by atoms with Crippen LogP contribution in [-0.4, -0.2) is 35.7 Å². The quantitative estimate of drug-likeness (QED) is 0.469. The van der Waals surface area contributed by atoms with E-state index in [4.69, 9.17) is 9.47 Å². The van der Waals surface area contributed by atoms with Gasteiger partial charge in [0.15, 0.2) is 0 Å². The second-order valence-electron chi connectivity index (χ2n) is 5.96. The van der Waals surface area contributed by atoms with Crippen molar-refractivity contribution >= 4 is 11.5 Å². The summed E-state index contributed by atoms with van der Waals surface area (Å²) in [5, 5.41) is 14.0. The Morgan fingerprint density at radius 2 is 1.82 bits per heavy atom. The lowest BCUT2D eigenvalue weighted by molar-refractivity contribution is -0.384. The molecule has 0 aliphatic rings. The van der Waals surface area contributed by atoms with E-state index < -0.39 is 4.92 Å². The monoisotopic (exact) mass is 380 g/mol. The number of aromatic nitrogens is 2. The van der Waals surface area contributed by atoms with Crippen LogP contribution in [-0.2, 0) is 6.42 Å². The summed E-state index contributed by atoms with van der Waals surface area (Å²) in [5.74, 6) is 1.37. The number of nitrogens with zero attached hydrogens (tertiary/aromatic N) is 3. The van der Waals surface area contributed by atoms with E-state index in [0.717, 1.165) is 16.9 Å². The lowest BCUT2D eigenvalue weighted by atomic mass is 10.1. The van der Waals surface area contributed by atoms with Crippen molar-refractivity contribution < 1.29 is 14.4 Å². The topological polar surface area (TPSA) is 99.4 Å². The number of hydrogen-bond acceptors (Lipinski definition) is 7. The highest BCUT2D eigenvalue weighted by molar-refractivity contribution is 5.64. The largest absolute Gasteiger partial charge is 0.497 e. The van der Waals surface area contributed by atoms with Gasteiger partial charge in [-0.3, -0.25) is 10.1 Å². The van der Waals surface area contributed by atoms with Crippen molar-refractivity contribution in [2.24, 2.45) is 0 Å². The Morgan fingerprint density at radius 1 is 1.04 bits per heavy atom. The standard InChI is InChI=1S/C20H20N4O4/c1-27-17-5-3-4-15(12-17)18-13-19(23-20(22-18)28-2)21-11-10-14-6-8-16(9-7-14)24(25)26/h3-9,12-13H,10-11H2,1-2H3,(H,21,22,23). The van der Waals surface area contributed by atoms with E-state index in [1.807, 2.05) is 30.3 Å². The molecule has 0 saturated carbocycles. The number of methoxy groups -OCH3 is 2. The van der Waals surface area contributed by atoms with Gasteiger partial charge in [-0.25, -0.2) is 0 Å². The van der Waals surface area contributed by atoms with Gasteiger partial charge in [-0.1, -0.05) is 24.3 Å². The molecule has 3 rings (SSSR count). The highest BCUT2D eigenvalue weighted by atomic mass is 16.6. The Labute approximate surface area is 162 Å². The fourth-order valence-corrected chi connectivity index (χ4v) is 2.66. The Balaban J connectivity index is 1.72. The van der Waals surface area contributed by atoms with Crippen molar-refractivity contribution in [3.63, 3.8) is 0 Å². The Hall–Kier alpha value is -3.68. The highest BCUT2D eigenvalue weighted by Crippen LogP contribution is 2.25. The van der Waals surface area contributed by atoms with Crippen LogP contribution < -0.4 is 14.8 Å². The molecule has 0 amide bonds. The zero-order valence-electron chi connectivity index (χ0n) is 15.6. The van der Waals surface area contributed by atoms with Crippen molar-refractivity contribution in [3.8, 4) is 23.0 Å². The van der Waals surface area contributed by atoms with Crippen molar-refractivity contribution in [3.05, 3.63) is 70.3 Å². The van der Waals surface area contributed by atoms with E-state index in [1.165, 1.54) is 19.2 Å². The molecule has 8 heteroatoms. The van der Waals surface area contributed by atoms with Crippen molar-refractivity contribution in [2.75, 3.05) is 26.1 Å². The fourth-order valence-electron chi connectivity index (χ4n) is 2.66. The summed E-state index contributed by atoms with van der Waals surface area (Å²) in [4.78, 5) is 19.0. The normalized spacial score (nSPS) is 10.4. The molecule has 0 spiro atoms. The molecule has 144 valence electrons. The number of rotatable bonds is 8. The molecule has 0 aliphatic heterocycles. The van der Waals surface area contributed by atoms with Gasteiger partial charge in [0.2, 0.25) is 0 Å². The van der Waals surface area contributed by atoms with Gasteiger partial charge < -0.3 is 14.8 Å². The highest BCUT2D eigenvalue weighted by Gasteiger charge is 2.09. The molecule has 28 heavy (non-hydrogen) atoms. The van der Waals surface area contributed by atoms with Crippen LogP contribution in [0.5, 0.6) is 11.8 Å². The molecule has 0 fully saturated rings. The molecule has 3 aromatic rings. The third-order valence-corrected chi connectivity index (χ3v) is 4.12. The molecular weight excluding hydrogens is 360 g/mol. The third-order valence-electron chi connectivity index (χ3n) is 4.12. The summed E-state index contributed by atoms with van der Waals surface area (Å²) < 4.78 is 10.5. The predicted octanol–water partition coefficient (Wildman–Crippen LogP) is 3.72. The van der Waals surface area contributed by atoms with Crippen LogP contribution in [0.3, 0.4) is 0 Å². The van der Waals surface area contributed by atoms with Crippen LogP contribution in [0.4, 0.5) is 11.5 Å². The average molecular weight is 380 g/mol. The summed E-state index contributed by atoms with van der Waals surface area (Å²) in [6.45, 7) is 0.607. The molecule has 8 nitrogen and oxygen atoms in total. The maximum absolute atomic E-state index is 10.7. The summed E-state index contributed by atoms with van der Waals surface area (Å²) in [7, 11) is 3.14. The second kappa shape index (κ2) is 8.81. The van der Waals surface area contributed by atoms with Gasteiger partial charge in [0.1, 0.15) is 11.6 Å². The lowest BCUT2D eigenvalue weighted by Gasteiger charge is -2.10. The molecule has 1 aromatic heterocycles. The molecular formula is C20H20N4O4. The van der Waals surface area contributed by atoms with E-state index in [2.05, 4.69) is 15.3 Å². The summed E-state index contributed by atoms with van der Waals surface area (Å²) in [6, 6.07) is 16.2. The van der Waals surface area contributed by atoms with Crippen molar-refractivity contribution in [1.82, 2.24) is 9.97 Å². The van der Waals surface area contributed by atoms with Gasteiger partial charge in [-0.05, 0) is 24.1 Å². The summed E-state index contributed by atoms with van der Waals surface area (Å²) >= 11 is 0. The van der Waals surface area contributed by atoms with Crippen molar-refractivity contribution in [2.45, 2.75) is 6.42 Å². The molecule has 2 aromatic carbocycles. The first-order valence-corrected chi connectivity index (χ1v) is 8.64. The SMILES string of the molecule is COc1cccc(-c2cc(NCCc3ccc([N+](=O)[O-])cc3)nc(OC)n2)c1. The molecule has 0 atom stereocenters. The molecule has 0 radical (unpaired) electrons. The second-order valence-corrected chi connectivity index (χ2v) is 5.96.